The number of nitrogens with one attached hydrogen (secondary N) is 2. The molecule has 0 spiro atoms. The normalized spacial score (nSPS) is 12.5. The largest absolute Gasteiger partial charge is 0.459 e. The van der Waals surface area contributed by atoms with Gasteiger partial charge in [0.1, 0.15) is 17.2 Å². The molecule has 5 nitrogen and oxygen atoms in total. The first-order valence-corrected chi connectivity index (χ1v) is 8.88. The fraction of sp³-hybridized carbons (Fsp3) is 0.200. The number of imidazole rings is 1. The Labute approximate surface area is 155 Å². The van der Waals surface area contributed by atoms with Crippen molar-refractivity contribution in [2.75, 3.05) is 0 Å². The second-order valence-corrected chi connectivity index (χ2v) is 6.76. The smallest absolute Gasteiger partial charge is 0.221 e. The van der Waals surface area contributed by atoms with Crippen LogP contribution in [0.5, 0.6) is 0 Å². The zero-order chi connectivity index (χ0) is 18.1. The van der Waals surface area contributed by atoms with Crippen LogP contribution in [0.3, 0.4) is 0 Å². The van der Waals surface area contributed by atoms with E-state index in [0.717, 1.165) is 27.8 Å². The number of rotatable bonds is 5. The second kappa shape index (κ2) is 6.84. The number of fused-ring (bicyclic) bond motifs is 2. The number of benzene rings is 2. The van der Waals surface area contributed by atoms with Crippen LogP contribution in [-0.2, 0) is 11.2 Å². The number of aryl methyl sites for hydroxylation is 1. The highest BCUT2D eigenvalue weighted by molar-refractivity contribution is 6.31. The van der Waals surface area contributed by atoms with Crippen molar-refractivity contribution >= 4 is 39.5 Å². The van der Waals surface area contributed by atoms with E-state index < -0.39 is 0 Å². The minimum absolute atomic E-state index is 0.0450. The summed E-state index contributed by atoms with van der Waals surface area (Å²) in [7, 11) is 0. The number of halogens is 1. The monoisotopic (exact) mass is 367 g/mol. The summed E-state index contributed by atoms with van der Waals surface area (Å²) in [4.78, 5) is 20.0. The summed E-state index contributed by atoms with van der Waals surface area (Å²) < 4.78 is 5.80. The SMILES string of the molecule is CC(NC(=O)CCc1nc2ccccc2[nH]1)c1cc2cc(Cl)ccc2o1. The first-order valence-electron chi connectivity index (χ1n) is 8.50. The van der Waals surface area contributed by atoms with E-state index in [-0.39, 0.29) is 11.9 Å². The molecule has 2 aromatic heterocycles. The van der Waals surface area contributed by atoms with Gasteiger partial charge in [-0.15, -0.1) is 0 Å². The Balaban J connectivity index is 1.38. The van der Waals surface area contributed by atoms with Crippen molar-refractivity contribution in [1.82, 2.24) is 15.3 Å². The summed E-state index contributed by atoms with van der Waals surface area (Å²) in [5.41, 5.74) is 2.65. The second-order valence-electron chi connectivity index (χ2n) is 6.32. The summed E-state index contributed by atoms with van der Waals surface area (Å²) in [6.07, 6.45) is 0.916. The third-order valence-corrected chi connectivity index (χ3v) is 4.56. The van der Waals surface area contributed by atoms with Gasteiger partial charge in [0.25, 0.3) is 0 Å². The van der Waals surface area contributed by atoms with Crippen molar-refractivity contribution in [3.63, 3.8) is 0 Å². The van der Waals surface area contributed by atoms with Crippen molar-refractivity contribution in [1.29, 1.82) is 0 Å². The molecule has 1 amide bonds. The van der Waals surface area contributed by atoms with Crippen LogP contribution in [0, 0.1) is 0 Å². The highest BCUT2D eigenvalue weighted by atomic mass is 35.5. The Bertz CT molecular complexity index is 1050. The summed E-state index contributed by atoms with van der Waals surface area (Å²) in [6, 6.07) is 15.0. The van der Waals surface area contributed by atoms with Gasteiger partial charge in [0, 0.05) is 23.3 Å². The average Bonchev–Trinajstić information content (AvgIpc) is 3.23. The van der Waals surface area contributed by atoms with E-state index in [1.807, 2.05) is 49.4 Å². The summed E-state index contributed by atoms with van der Waals surface area (Å²) >= 11 is 6.00. The number of aromatic nitrogens is 2. The van der Waals surface area contributed by atoms with Crippen molar-refractivity contribution < 1.29 is 9.21 Å². The average molecular weight is 368 g/mol. The van der Waals surface area contributed by atoms with E-state index in [0.29, 0.717) is 23.6 Å². The van der Waals surface area contributed by atoms with Crippen molar-refractivity contribution in [3.8, 4) is 0 Å². The van der Waals surface area contributed by atoms with Crippen LogP contribution < -0.4 is 5.32 Å². The highest BCUT2D eigenvalue weighted by Crippen LogP contribution is 2.26. The van der Waals surface area contributed by atoms with Crippen molar-refractivity contribution in [2.24, 2.45) is 0 Å². The molecular weight excluding hydrogens is 350 g/mol. The van der Waals surface area contributed by atoms with E-state index in [9.17, 15) is 4.79 Å². The van der Waals surface area contributed by atoms with Gasteiger partial charge in [0.15, 0.2) is 0 Å². The molecule has 4 rings (SSSR count). The predicted octanol–water partition coefficient (Wildman–Crippen LogP) is 4.77. The Hall–Kier alpha value is -2.79. The number of H-pyrrole nitrogens is 1. The fourth-order valence-corrected chi connectivity index (χ4v) is 3.17. The molecule has 26 heavy (non-hydrogen) atoms. The lowest BCUT2D eigenvalue weighted by molar-refractivity contribution is -0.121. The number of furan rings is 1. The van der Waals surface area contributed by atoms with Crippen LogP contribution in [0.4, 0.5) is 0 Å². The first kappa shape index (κ1) is 16.7. The quantitative estimate of drug-likeness (QED) is 0.533. The van der Waals surface area contributed by atoms with Gasteiger partial charge in [0.2, 0.25) is 5.91 Å². The van der Waals surface area contributed by atoms with Gasteiger partial charge in [-0.1, -0.05) is 23.7 Å². The minimum Gasteiger partial charge on any atom is -0.459 e. The van der Waals surface area contributed by atoms with Crippen LogP contribution in [-0.4, -0.2) is 15.9 Å². The lowest BCUT2D eigenvalue weighted by atomic mass is 10.2. The third-order valence-electron chi connectivity index (χ3n) is 4.33. The molecule has 1 unspecified atom stereocenters. The van der Waals surface area contributed by atoms with E-state index in [4.69, 9.17) is 16.0 Å². The van der Waals surface area contributed by atoms with Gasteiger partial charge in [-0.25, -0.2) is 4.98 Å². The number of carbonyl (C=O) groups excluding carboxylic acids is 1. The van der Waals surface area contributed by atoms with E-state index in [1.165, 1.54) is 0 Å². The molecule has 132 valence electrons. The van der Waals surface area contributed by atoms with Gasteiger partial charge < -0.3 is 14.7 Å². The van der Waals surface area contributed by atoms with Crippen LogP contribution in [0.25, 0.3) is 22.0 Å². The fourth-order valence-electron chi connectivity index (χ4n) is 2.99. The number of amides is 1. The van der Waals surface area contributed by atoms with E-state index in [2.05, 4.69) is 15.3 Å². The maximum Gasteiger partial charge on any atom is 0.221 e. The lowest BCUT2D eigenvalue weighted by Crippen LogP contribution is -2.26. The molecule has 0 aliphatic heterocycles. The number of hydrogen-bond donors (Lipinski definition) is 2. The van der Waals surface area contributed by atoms with Gasteiger partial charge in [-0.05, 0) is 43.3 Å². The lowest BCUT2D eigenvalue weighted by Gasteiger charge is -2.10. The molecule has 0 aliphatic carbocycles. The Morgan fingerprint density at radius 1 is 1.27 bits per heavy atom. The minimum atomic E-state index is -0.218. The summed E-state index contributed by atoms with van der Waals surface area (Å²) in [6.45, 7) is 1.90. The van der Waals surface area contributed by atoms with Gasteiger partial charge in [0.05, 0.1) is 17.1 Å². The standard InChI is InChI=1S/C20H18ClN3O2/c1-12(18-11-13-10-14(21)6-7-17(13)26-18)22-20(25)9-8-19-23-15-4-2-3-5-16(15)24-19/h2-7,10-12H,8-9H2,1H3,(H,22,25)(H,23,24). The number of hydrogen-bond acceptors (Lipinski definition) is 3. The van der Waals surface area contributed by atoms with E-state index >= 15 is 0 Å². The topological polar surface area (TPSA) is 70.9 Å². The number of para-hydroxylation sites is 2. The molecule has 0 fully saturated rings. The Kier molecular flexibility index (Phi) is 4.39. The van der Waals surface area contributed by atoms with Crippen LogP contribution in [0.1, 0.15) is 31.0 Å². The molecule has 6 heteroatoms. The molecule has 0 saturated carbocycles. The van der Waals surface area contributed by atoms with Gasteiger partial charge in [-0.2, -0.15) is 0 Å². The third kappa shape index (κ3) is 3.44. The molecule has 1 atom stereocenters. The maximum absolute atomic E-state index is 12.3. The molecule has 0 saturated heterocycles. The van der Waals surface area contributed by atoms with Gasteiger partial charge >= 0.3 is 0 Å². The summed E-state index contributed by atoms with van der Waals surface area (Å²) in [5.74, 6) is 1.48. The molecule has 0 aliphatic rings. The van der Waals surface area contributed by atoms with Gasteiger partial charge in [-0.3, -0.25) is 4.79 Å². The molecule has 0 radical (unpaired) electrons. The first-order chi connectivity index (χ1) is 12.6. The number of nitrogens with zero attached hydrogens (tertiary/aromatic N) is 1. The molecule has 4 aromatic rings. The van der Waals surface area contributed by atoms with Crippen molar-refractivity contribution in [2.45, 2.75) is 25.8 Å². The van der Waals surface area contributed by atoms with Crippen LogP contribution >= 0.6 is 11.6 Å². The number of carbonyl (C=O) groups is 1. The zero-order valence-corrected chi connectivity index (χ0v) is 15.0. The van der Waals surface area contributed by atoms with Crippen LogP contribution in [0.15, 0.2) is 52.9 Å². The van der Waals surface area contributed by atoms with E-state index in [1.54, 1.807) is 6.07 Å². The van der Waals surface area contributed by atoms with Crippen molar-refractivity contribution in [3.05, 3.63) is 65.1 Å². The van der Waals surface area contributed by atoms with Crippen LogP contribution in [0.2, 0.25) is 5.02 Å². The Morgan fingerprint density at radius 3 is 2.96 bits per heavy atom. The Morgan fingerprint density at radius 2 is 2.12 bits per heavy atom. The molecule has 2 aromatic carbocycles. The molecular formula is C20H18ClN3O2. The summed E-state index contributed by atoms with van der Waals surface area (Å²) in [5, 5.41) is 4.55. The highest BCUT2D eigenvalue weighted by Gasteiger charge is 2.15. The molecule has 2 N–H and O–H groups in total. The maximum atomic E-state index is 12.3. The molecule has 0 bridgehead atoms. The molecule has 2 heterocycles. The predicted molar refractivity (Wildman–Crippen MR) is 102 cm³/mol. The number of aromatic amines is 1. The zero-order valence-electron chi connectivity index (χ0n) is 14.3.